The molecule has 0 spiro atoms. The van der Waals surface area contributed by atoms with Crippen LogP contribution in [0.2, 0.25) is 0 Å². The smallest absolute Gasteiger partial charge is 0.370 e. The summed E-state index contributed by atoms with van der Waals surface area (Å²) in [5.74, 6) is 0. The van der Waals surface area contributed by atoms with Crippen LogP contribution in [0.1, 0.15) is 0 Å². The van der Waals surface area contributed by atoms with E-state index in [0.29, 0.717) is 6.07 Å². The first-order chi connectivity index (χ1) is 7.66. The van der Waals surface area contributed by atoms with Crippen LogP contribution < -0.4 is 5.73 Å². The van der Waals surface area contributed by atoms with Crippen LogP contribution in [0.15, 0.2) is 17.0 Å². The topological polar surface area (TPSA) is 167 Å². The van der Waals surface area contributed by atoms with E-state index in [2.05, 4.69) is 0 Å². The second-order valence-corrected chi connectivity index (χ2v) is 4.23. The van der Waals surface area contributed by atoms with Crippen LogP contribution in [0.4, 0.5) is 17.1 Å². The molecule has 0 fully saturated rings. The minimum atomic E-state index is -4.95. The molecule has 0 saturated carbocycles. The molecule has 0 heterocycles. The van der Waals surface area contributed by atoms with Crippen molar-refractivity contribution in [1.82, 2.24) is 0 Å². The fraction of sp³-hybridized carbons (Fsp3) is 0. The van der Waals surface area contributed by atoms with Gasteiger partial charge in [-0.3, -0.25) is 24.8 Å². The predicted molar refractivity (Wildman–Crippen MR) is 54.0 cm³/mol. The fourth-order valence-corrected chi connectivity index (χ4v) is 1.81. The molecule has 17 heavy (non-hydrogen) atoms. The molecule has 1 rings (SSSR count). The minimum Gasteiger partial charge on any atom is -0.393 e. The molecule has 0 aliphatic rings. The van der Waals surface area contributed by atoms with Crippen LogP contribution in [0.25, 0.3) is 0 Å². The van der Waals surface area contributed by atoms with Crippen molar-refractivity contribution in [2.24, 2.45) is 0 Å². The Morgan fingerprint density at radius 3 is 1.94 bits per heavy atom. The lowest BCUT2D eigenvalue weighted by molar-refractivity contribution is -0.423. The summed E-state index contributed by atoms with van der Waals surface area (Å²) in [6.45, 7) is 0. The average Bonchev–Trinajstić information content (AvgIpc) is 2.14. The van der Waals surface area contributed by atoms with Crippen molar-refractivity contribution in [3.05, 3.63) is 32.4 Å². The van der Waals surface area contributed by atoms with Crippen LogP contribution >= 0.6 is 0 Å². The third-order valence-corrected chi connectivity index (χ3v) is 2.67. The van der Waals surface area contributed by atoms with Crippen molar-refractivity contribution in [1.29, 1.82) is 0 Å². The Morgan fingerprint density at radius 1 is 1.12 bits per heavy atom. The van der Waals surface area contributed by atoms with Gasteiger partial charge < -0.3 is 5.73 Å². The highest BCUT2D eigenvalue weighted by atomic mass is 32.2. The lowest BCUT2D eigenvalue weighted by atomic mass is 10.2. The zero-order chi connectivity index (χ0) is 13.4. The van der Waals surface area contributed by atoms with E-state index >= 15 is 0 Å². The van der Waals surface area contributed by atoms with Crippen molar-refractivity contribution in [3.63, 3.8) is 0 Å². The van der Waals surface area contributed by atoms with Crippen molar-refractivity contribution in [3.8, 4) is 0 Å². The number of benzene rings is 1. The summed E-state index contributed by atoms with van der Waals surface area (Å²) < 4.78 is 30.4. The molecule has 0 atom stereocenters. The maximum absolute atomic E-state index is 10.8. The molecule has 10 nitrogen and oxygen atoms in total. The second kappa shape index (κ2) is 3.95. The van der Waals surface area contributed by atoms with Crippen molar-refractivity contribution in [2.45, 2.75) is 4.90 Å². The second-order valence-electron chi connectivity index (χ2n) is 2.84. The molecule has 0 aliphatic heterocycles. The summed E-state index contributed by atoms with van der Waals surface area (Å²) in [6, 6.07) is 1.41. The van der Waals surface area contributed by atoms with Gasteiger partial charge in [-0.25, -0.2) is 0 Å². The number of nitro benzene ring substituents is 2. The third-order valence-electron chi connectivity index (χ3n) is 1.79. The maximum atomic E-state index is 10.8. The molecular formula is C6H5N3O7S. The summed E-state index contributed by atoms with van der Waals surface area (Å²) >= 11 is 0. The third kappa shape index (κ3) is 2.29. The number of nitro groups is 2. The molecule has 0 aliphatic carbocycles. The van der Waals surface area contributed by atoms with Gasteiger partial charge in [-0.1, -0.05) is 0 Å². The Hall–Kier alpha value is -2.27. The normalized spacial score (nSPS) is 11.1. The molecule has 0 bridgehead atoms. The van der Waals surface area contributed by atoms with Gasteiger partial charge in [-0.05, 0) is 12.1 Å². The highest BCUT2D eigenvalue weighted by Crippen LogP contribution is 2.37. The molecule has 1 aromatic rings. The standard InChI is InChI=1S/C6H5N3O7S/c7-3-1-2-4(17(14,15)16)6(9(12)13)5(3)8(10)11/h1-2H,7H2,(H,14,15,16). The molecular weight excluding hydrogens is 258 g/mol. The quantitative estimate of drug-likeness (QED) is 0.340. The van der Waals surface area contributed by atoms with Crippen molar-refractivity contribution in [2.75, 3.05) is 5.73 Å². The monoisotopic (exact) mass is 263 g/mol. The van der Waals surface area contributed by atoms with E-state index in [1.54, 1.807) is 0 Å². The SMILES string of the molecule is Nc1ccc(S(=O)(=O)O)c([N+](=O)[O-])c1[N+](=O)[O-]. The van der Waals surface area contributed by atoms with Gasteiger partial charge in [0.15, 0.2) is 4.90 Å². The van der Waals surface area contributed by atoms with Gasteiger partial charge in [-0.15, -0.1) is 0 Å². The Labute approximate surface area is 93.7 Å². The summed E-state index contributed by atoms with van der Waals surface area (Å²) in [4.78, 5) is 17.5. The number of hydrogen-bond acceptors (Lipinski definition) is 7. The minimum absolute atomic E-state index is 0.575. The van der Waals surface area contributed by atoms with Gasteiger partial charge in [0.05, 0.1) is 9.85 Å². The average molecular weight is 263 g/mol. The molecule has 0 aromatic heterocycles. The zero-order valence-corrected chi connectivity index (χ0v) is 8.75. The lowest BCUT2D eigenvalue weighted by Crippen LogP contribution is -2.08. The van der Waals surface area contributed by atoms with E-state index in [1.807, 2.05) is 0 Å². The van der Waals surface area contributed by atoms with Gasteiger partial charge in [0, 0.05) is 0 Å². The molecule has 92 valence electrons. The lowest BCUT2D eigenvalue weighted by Gasteiger charge is -2.02. The predicted octanol–water partition coefficient (Wildman–Crippen LogP) is 0.332. The molecule has 0 saturated heterocycles. The summed E-state index contributed by atoms with van der Waals surface area (Å²) in [6.07, 6.45) is 0. The first kappa shape index (κ1) is 12.8. The molecule has 1 aromatic carbocycles. The van der Waals surface area contributed by atoms with E-state index in [9.17, 15) is 28.6 Å². The first-order valence-corrected chi connectivity index (χ1v) is 5.29. The van der Waals surface area contributed by atoms with Gasteiger partial charge in [-0.2, -0.15) is 8.42 Å². The van der Waals surface area contributed by atoms with E-state index < -0.39 is 41.9 Å². The van der Waals surface area contributed by atoms with Crippen molar-refractivity contribution >= 4 is 27.2 Å². The van der Waals surface area contributed by atoms with Crippen LogP contribution in [0.3, 0.4) is 0 Å². The highest BCUT2D eigenvalue weighted by molar-refractivity contribution is 7.86. The Balaban J connectivity index is 3.85. The number of rotatable bonds is 3. The fourth-order valence-electron chi connectivity index (χ4n) is 1.15. The van der Waals surface area contributed by atoms with Crippen LogP contribution in [0.5, 0.6) is 0 Å². The summed E-state index contributed by atoms with van der Waals surface area (Å²) in [5, 5.41) is 21.2. The summed E-state index contributed by atoms with van der Waals surface area (Å²) in [5.41, 5.74) is 2.04. The largest absolute Gasteiger partial charge is 0.393 e. The van der Waals surface area contributed by atoms with Gasteiger partial charge in [0.25, 0.3) is 0 Å². The summed E-state index contributed by atoms with van der Waals surface area (Å²) in [7, 11) is -4.95. The molecule has 3 N–H and O–H groups in total. The van der Waals surface area contributed by atoms with Crippen LogP contribution in [-0.2, 0) is 10.1 Å². The Morgan fingerprint density at radius 2 is 1.59 bits per heavy atom. The number of nitrogen functional groups attached to an aromatic ring is 1. The number of anilines is 1. The van der Waals surface area contributed by atoms with Gasteiger partial charge in [0.2, 0.25) is 0 Å². The van der Waals surface area contributed by atoms with Crippen LogP contribution in [-0.4, -0.2) is 22.8 Å². The van der Waals surface area contributed by atoms with E-state index in [-0.39, 0.29) is 0 Å². The van der Waals surface area contributed by atoms with E-state index in [4.69, 9.17) is 10.3 Å². The first-order valence-electron chi connectivity index (χ1n) is 3.85. The molecule has 0 amide bonds. The number of nitrogens with two attached hydrogens (primary N) is 1. The maximum Gasteiger partial charge on any atom is 0.370 e. The zero-order valence-electron chi connectivity index (χ0n) is 7.93. The van der Waals surface area contributed by atoms with Crippen LogP contribution in [0, 0.1) is 20.2 Å². The van der Waals surface area contributed by atoms with E-state index in [1.165, 1.54) is 0 Å². The molecule has 11 heteroatoms. The molecule has 0 unspecified atom stereocenters. The van der Waals surface area contributed by atoms with E-state index in [0.717, 1.165) is 6.07 Å². The number of nitrogens with zero attached hydrogens (tertiary/aromatic N) is 2. The molecule has 0 radical (unpaired) electrons. The Bertz CT molecular complexity index is 608. The van der Waals surface area contributed by atoms with Gasteiger partial charge in [0.1, 0.15) is 5.69 Å². The van der Waals surface area contributed by atoms with Gasteiger partial charge >= 0.3 is 21.5 Å². The highest BCUT2D eigenvalue weighted by Gasteiger charge is 2.36. The Kier molecular flexibility index (Phi) is 2.97. The van der Waals surface area contributed by atoms with Crippen molar-refractivity contribution < 1.29 is 22.8 Å². The number of hydrogen-bond donors (Lipinski definition) is 2.